The average Bonchev–Trinajstić information content (AvgIpc) is 2.78. The van der Waals surface area contributed by atoms with Crippen molar-refractivity contribution in [3.05, 3.63) is 17.7 Å². The minimum absolute atomic E-state index is 0.145. The van der Waals surface area contributed by atoms with Crippen molar-refractivity contribution >= 4 is 16.0 Å². The summed E-state index contributed by atoms with van der Waals surface area (Å²) in [6.07, 6.45) is 3.04. The Morgan fingerprint density at radius 2 is 2.15 bits per heavy atom. The first-order valence-electron chi connectivity index (χ1n) is 6.35. The first-order chi connectivity index (χ1) is 9.25. The Morgan fingerprint density at radius 3 is 2.65 bits per heavy atom. The molecule has 1 aromatic heterocycles. The van der Waals surface area contributed by atoms with Crippen LogP contribution in [0, 0.1) is 0 Å². The fourth-order valence-electron chi connectivity index (χ4n) is 2.44. The normalized spacial score (nSPS) is 19.9. The third-order valence-electron chi connectivity index (χ3n) is 3.48. The standard InChI is InChI=1S/C12H19N3O4S/c1-8(2)14-7-13-9-5-10(12(16)19-3)15(6-11(9)14)20(4,17)18/h7-8,10H,5-6H2,1-4H3/t10-/m0/s1. The number of carbonyl (C=O) groups excluding carboxylic acids is 1. The molecule has 0 aromatic carbocycles. The van der Waals surface area contributed by atoms with E-state index in [0.717, 1.165) is 17.6 Å². The summed E-state index contributed by atoms with van der Waals surface area (Å²) in [6, 6.07) is -0.652. The molecule has 1 aliphatic rings. The van der Waals surface area contributed by atoms with Crippen molar-refractivity contribution in [3.8, 4) is 0 Å². The van der Waals surface area contributed by atoms with Crippen molar-refractivity contribution in [2.24, 2.45) is 0 Å². The summed E-state index contributed by atoms with van der Waals surface area (Å²) in [6.45, 7) is 4.14. The zero-order chi connectivity index (χ0) is 15.1. The molecular weight excluding hydrogens is 282 g/mol. The SMILES string of the molecule is COC(=O)[C@@H]1Cc2ncn(C(C)C)c2CN1S(C)(=O)=O. The van der Waals surface area contributed by atoms with Gasteiger partial charge in [0, 0.05) is 12.5 Å². The van der Waals surface area contributed by atoms with E-state index in [4.69, 9.17) is 4.74 Å². The Morgan fingerprint density at radius 1 is 1.50 bits per heavy atom. The zero-order valence-corrected chi connectivity index (χ0v) is 12.8. The summed E-state index contributed by atoms with van der Waals surface area (Å²) in [5, 5.41) is 0. The van der Waals surface area contributed by atoms with Crippen LogP contribution in [0.3, 0.4) is 0 Å². The molecule has 1 atom stereocenters. The van der Waals surface area contributed by atoms with Gasteiger partial charge in [-0.25, -0.2) is 13.4 Å². The Labute approximate surface area is 118 Å². The van der Waals surface area contributed by atoms with Crippen LogP contribution in [0.15, 0.2) is 6.33 Å². The van der Waals surface area contributed by atoms with Crippen LogP contribution in [0.4, 0.5) is 0 Å². The number of nitrogens with zero attached hydrogens (tertiary/aromatic N) is 3. The Hall–Kier alpha value is -1.41. The lowest BCUT2D eigenvalue weighted by Crippen LogP contribution is -2.49. The van der Waals surface area contributed by atoms with Gasteiger partial charge in [-0.3, -0.25) is 4.79 Å². The number of imidazole rings is 1. The van der Waals surface area contributed by atoms with E-state index in [1.807, 2.05) is 18.4 Å². The molecule has 0 aliphatic carbocycles. The molecule has 0 fully saturated rings. The van der Waals surface area contributed by atoms with Crippen molar-refractivity contribution < 1.29 is 17.9 Å². The molecule has 1 aliphatic heterocycles. The molecule has 2 heterocycles. The second kappa shape index (κ2) is 5.17. The number of hydrogen-bond donors (Lipinski definition) is 0. The van der Waals surface area contributed by atoms with Gasteiger partial charge in [-0.2, -0.15) is 4.31 Å². The highest BCUT2D eigenvalue weighted by Crippen LogP contribution is 2.27. The second-order valence-corrected chi connectivity index (χ2v) is 7.13. The van der Waals surface area contributed by atoms with E-state index in [1.165, 1.54) is 11.4 Å². The summed E-state index contributed by atoms with van der Waals surface area (Å²) in [5.74, 6) is -0.555. The maximum Gasteiger partial charge on any atom is 0.324 e. The van der Waals surface area contributed by atoms with Gasteiger partial charge < -0.3 is 9.30 Å². The van der Waals surface area contributed by atoms with Crippen molar-refractivity contribution in [1.82, 2.24) is 13.9 Å². The minimum Gasteiger partial charge on any atom is -0.468 e. The Kier molecular flexibility index (Phi) is 3.88. The monoisotopic (exact) mass is 301 g/mol. The highest BCUT2D eigenvalue weighted by atomic mass is 32.2. The quantitative estimate of drug-likeness (QED) is 0.751. The molecule has 8 heteroatoms. The predicted octanol–water partition coefficient (Wildman–Crippen LogP) is 0.323. The first-order valence-corrected chi connectivity index (χ1v) is 8.19. The van der Waals surface area contributed by atoms with Gasteiger partial charge in [0.15, 0.2) is 0 Å². The number of carbonyl (C=O) groups is 1. The molecule has 0 unspecified atom stereocenters. The topological polar surface area (TPSA) is 81.5 Å². The lowest BCUT2D eigenvalue weighted by atomic mass is 10.1. The van der Waals surface area contributed by atoms with Crippen molar-refractivity contribution in [1.29, 1.82) is 0 Å². The molecule has 0 bridgehead atoms. The van der Waals surface area contributed by atoms with Crippen LogP contribution in [-0.4, -0.2) is 47.7 Å². The summed E-state index contributed by atoms with van der Waals surface area (Å²) < 4.78 is 31.7. The van der Waals surface area contributed by atoms with Crippen LogP contribution in [0.1, 0.15) is 31.3 Å². The van der Waals surface area contributed by atoms with E-state index in [0.29, 0.717) is 0 Å². The number of sulfonamides is 1. The third kappa shape index (κ3) is 2.57. The molecule has 1 aromatic rings. The number of fused-ring (bicyclic) bond motifs is 1. The lowest BCUT2D eigenvalue weighted by Gasteiger charge is -2.32. The van der Waals surface area contributed by atoms with Gasteiger partial charge in [0.25, 0.3) is 0 Å². The Balaban J connectivity index is 2.46. The molecule has 20 heavy (non-hydrogen) atoms. The number of ether oxygens (including phenoxy) is 1. The summed E-state index contributed by atoms with van der Waals surface area (Å²) in [5.41, 5.74) is 1.60. The van der Waals surface area contributed by atoms with Crippen LogP contribution in [0.2, 0.25) is 0 Å². The van der Waals surface area contributed by atoms with E-state index < -0.39 is 22.0 Å². The molecular formula is C12H19N3O4S. The van der Waals surface area contributed by atoms with E-state index in [-0.39, 0.29) is 19.0 Å². The summed E-state index contributed by atoms with van der Waals surface area (Å²) >= 11 is 0. The van der Waals surface area contributed by atoms with E-state index in [2.05, 4.69) is 4.98 Å². The molecule has 0 spiro atoms. The number of aromatic nitrogens is 2. The fraction of sp³-hybridized carbons (Fsp3) is 0.667. The van der Waals surface area contributed by atoms with Crippen LogP contribution in [0.5, 0.6) is 0 Å². The first kappa shape index (κ1) is 15.0. The molecule has 0 N–H and O–H groups in total. The predicted molar refractivity (Wildman–Crippen MR) is 72.5 cm³/mol. The molecule has 2 rings (SSSR count). The molecule has 0 saturated carbocycles. The number of hydrogen-bond acceptors (Lipinski definition) is 5. The van der Waals surface area contributed by atoms with Gasteiger partial charge >= 0.3 is 5.97 Å². The minimum atomic E-state index is -3.50. The Bertz CT molecular complexity index is 621. The molecule has 112 valence electrons. The molecule has 0 radical (unpaired) electrons. The third-order valence-corrected chi connectivity index (χ3v) is 4.71. The largest absolute Gasteiger partial charge is 0.468 e. The van der Waals surface area contributed by atoms with Crippen LogP contribution in [-0.2, 0) is 32.5 Å². The van der Waals surface area contributed by atoms with Gasteiger partial charge in [0.05, 0.1) is 37.6 Å². The number of methoxy groups -OCH3 is 1. The zero-order valence-electron chi connectivity index (χ0n) is 12.0. The van der Waals surface area contributed by atoms with E-state index >= 15 is 0 Å². The maximum absolute atomic E-state index is 11.9. The van der Waals surface area contributed by atoms with E-state index in [9.17, 15) is 13.2 Å². The maximum atomic E-state index is 11.9. The smallest absolute Gasteiger partial charge is 0.324 e. The van der Waals surface area contributed by atoms with Gasteiger partial charge in [-0.15, -0.1) is 0 Å². The molecule has 0 amide bonds. The highest BCUT2D eigenvalue weighted by molar-refractivity contribution is 7.88. The fourth-order valence-corrected chi connectivity index (χ4v) is 3.42. The highest BCUT2D eigenvalue weighted by Gasteiger charge is 2.39. The second-order valence-electron chi connectivity index (χ2n) is 5.19. The van der Waals surface area contributed by atoms with E-state index in [1.54, 1.807) is 6.33 Å². The van der Waals surface area contributed by atoms with Crippen LogP contribution < -0.4 is 0 Å². The lowest BCUT2D eigenvalue weighted by molar-refractivity contribution is -0.145. The van der Waals surface area contributed by atoms with Crippen LogP contribution in [0.25, 0.3) is 0 Å². The number of esters is 1. The molecule has 0 saturated heterocycles. The van der Waals surface area contributed by atoms with Crippen molar-refractivity contribution in [2.45, 2.75) is 38.9 Å². The van der Waals surface area contributed by atoms with Crippen molar-refractivity contribution in [3.63, 3.8) is 0 Å². The number of rotatable bonds is 3. The summed E-state index contributed by atoms with van der Waals surface area (Å²) in [7, 11) is -2.25. The average molecular weight is 301 g/mol. The summed E-state index contributed by atoms with van der Waals surface area (Å²) in [4.78, 5) is 16.1. The van der Waals surface area contributed by atoms with Gasteiger partial charge in [-0.05, 0) is 13.8 Å². The van der Waals surface area contributed by atoms with Gasteiger partial charge in [-0.1, -0.05) is 0 Å². The van der Waals surface area contributed by atoms with Crippen molar-refractivity contribution in [2.75, 3.05) is 13.4 Å². The van der Waals surface area contributed by atoms with Crippen LogP contribution >= 0.6 is 0 Å². The van der Waals surface area contributed by atoms with Gasteiger partial charge in [0.1, 0.15) is 6.04 Å². The van der Waals surface area contributed by atoms with Gasteiger partial charge in [0.2, 0.25) is 10.0 Å². The molecule has 7 nitrogen and oxygen atoms in total.